The van der Waals surface area contributed by atoms with Gasteiger partial charge in [-0.15, -0.1) is 0 Å². The number of hydrogen-bond acceptors (Lipinski definition) is 5. The predicted octanol–water partition coefficient (Wildman–Crippen LogP) is 0.280. The van der Waals surface area contributed by atoms with E-state index in [-0.39, 0.29) is 29.5 Å². The van der Waals surface area contributed by atoms with E-state index in [1.165, 1.54) is 6.20 Å². The number of piperidine rings is 1. The van der Waals surface area contributed by atoms with E-state index in [9.17, 15) is 9.59 Å². The van der Waals surface area contributed by atoms with E-state index >= 15 is 0 Å². The third-order valence-electron chi connectivity index (χ3n) is 4.40. The summed E-state index contributed by atoms with van der Waals surface area (Å²) < 4.78 is 5.51. The maximum Gasteiger partial charge on any atom is 0.290 e. The quantitative estimate of drug-likeness (QED) is 0.837. The number of ether oxygens (including phenoxy) is 1. The van der Waals surface area contributed by atoms with Gasteiger partial charge < -0.3 is 19.9 Å². The van der Waals surface area contributed by atoms with Crippen LogP contribution in [0.2, 0.25) is 0 Å². The first kappa shape index (κ1) is 15.0. The Morgan fingerprint density at radius 2 is 2.36 bits per heavy atom. The zero-order valence-corrected chi connectivity index (χ0v) is 12.7. The Bertz CT molecular complexity index is 588. The van der Waals surface area contributed by atoms with Gasteiger partial charge in [0, 0.05) is 38.1 Å². The number of nitrogens with one attached hydrogen (secondary N) is 2. The van der Waals surface area contributed by atoms with Crippen LogP contribution in [0.25, 0.3) is 0 Å². The number of H-pyrrole nitrogens is 1. The van der Waals surface area contributed by atoms with Gasteiger partial charge in [0.05, 0.1) is 0 Å². The van der Waals surface area contributed by atoms with Gasteiger partial charge in [0.2, 0.25) is 5.91 Å². The Balaban J connectivity index is 1.62. The van der Waals surface area contributed by atoms with Gasteiger partial charge in [0.1, 0.15) is 6.10 Å². The number of aromatic nitrogens is 2. The van der Waals surface area contributed by atoms with Crippen molar-refractivity contribution < 1.29 is 9.53 Å². The van der Waals surface area contributed by atoms with Crippen LogP contribution in [-0.2, 0) is 9.53 Å². The van der Waals surface area contributed by atoms with Gasteiger partial charge in [-0.3, -0.25) is 9.59 Å². The van der Waals surface area contributed by atoms with Crippen molar-refractivity contribution in [3.05, 3.63) is 22.7 Å². The van der Waals surface area contributed by atoms with Crippen molar-refractivity contribution in [1.29, 1.82) is 0 Å². The second-order valence-corrected chi connectivity index (χ2v) is 6.09. The first-order valence-corrected chi connectivity index (χ1v) is 7.86. The fourth-order valence-electron chi connectivity index (χ4n) is 3.17. The summed E-state index contributed by atoms with van der Waals surface area (Å²) in [5, 5.41) is 3.06. The second kappa shape index (κ2) is 6.48. The molecule has 0 saturated carbocycles. The molecule has 0 aliphatic carbocycles. The molecule has 120 valence electrons. The number of hydrogen-bond donors (Lipinski definition) is 2. The zero-order chi connectivity index (χ0) is 15.5. The summed E-state index contributed by atoms with van der Waals surface area (Å²) in [6.45, 7) is 4.08. The number of anilines is 1. The van der Waals surface area contributed by atoms with Crippen LogP contribution in [0.5, 0.6) is 0 Å². The topological polar surface area (TPSA) is 87.3 Å². The third-order valence-corrected chi connectivity index (χ3v) is 4.40. The molecule has 1 aromatic heterocycles. The Hall–Kier alpha value is -1.89. The first-order valence-electron chi connectivity index (χ1n) is 7.86. The lowest BCUT2D eigenvalue weighted by Crippen LogP contribution is -2.51. The molecule has 0 spiro atoms. The van der Waals surface area contributed by atoms with E-state index in [1.54, 1.807) is 6.20 Å². The Morgan fingerprint density at radius 1 is 1.50 bits per heavy atom. The minimum Gasteiger partial charge on any atom is -0.368 e. The van der Waals surface area contributed by atoms with Crippen LogP contribution in [0.15, 0.2) is 17.2 Å². The molecule has 3 atom stereocenters. The fraction of sp³-hybridized carbons (Fsp3) is 0.667. The van der Waals surface area contributed by atoms with E-state index in [4.69, 9.17) is 4.74 Å². The maximum atomic E-state index is 12.3. The van der Waals surface area contributed by atoms with Crippen LogP contribution >= 0.6 is 0 Å². The molecule has 3 rings (SSSR count). The molecular formula is C15H22N4O3. The maximum absolute atomic E-state index is 12.3. The minimum absolute atomic E-state index is 0.0269. The van der Waals surface area contributed by atoms with Crippen LogP contribution in [0.1, 0.15) is 26.2 Å². The fourth-order valence-corrected chi connectivity index (χ4v) is 3.17. The molecular weight excluding hydrogens is 284 g/mol. The summed E-state index contributed by atoms with van der Waals surface area (Å²) in [6, 6.07) is 0.0269. The number of carbonyl (C=O) groups is 1. The van der Waals surface area contributed by atoms with Crippen molar-refractivity contribution in [1.82, 2.24) is 15.3 Å². The Morgan fingerprint density at radius 3 is 3.09 bits per heavy atom. The Labute approximate surface area is 129 Å². The molecule has 2 N–H and O–H groups in total. The van der Waals surface area contributed by atoms with E-state index in [0.717, 1.165) is 25.8 Å². The van der Waals surface area contributed by atoms with Gasteiger partial charge in [0.15, 0.2) is 5.82 Å². The monoisotopic (exact) mass is 306 g/mol. The molecule has 3 heterocycles. The van der Waals surface area contributed by atoms with E-state index in [1.807, 2.05) is 11.8 Å². The van der Waals surface area contributed by atoms with Gasteiger partial charge in [-0.1, -0.05) is 6.92 Å². The molecule has 2 saturated heterocycles. The molecule has 2 fully saturated rings. The SMILES string of the molecule is CC1CCOC1C(=O)NC1CCCN(c2ncc[nH]c2=O)C1. The summed E-state index contributed by atoms with van der Waals surface area (Å²) in [7, 11) is 0. The predicted molar refractivity (Wildman–Crippen MR) is 81.8 cm³/mol. The average Bonchev–Trinajstić information content (AvgIpc) is 2.94. The van der Waals surface area contributed by atoms with Gasteiger partial charge in [0.25, 0.3) is 5.56 Å². The number of amides is 1. The van der Waals surface area contributed by atoms with Gasteiger partial charge in [-0.2, -0.15) is 0 Å². The summed E-state index contributed by atoms with van der Waals surface area (Å²) in [6.07, 6.45) is 5.52. The van der Waals surface area contributed by atoms with Crippen molar-refractivity contribution in [3.8, 4) is 0 Å². The highest BCUT2D eigenvalue weighted by Gasteiger charge is 2.33. The molecule has 3 unspecified atom stereocenters. The van der Waals surface area contributed by atoms with E-state index in [2.05, 4.69) is 15.3 Å². The van der Waals surface area contributed by atoms with Crippen LogP contribution < -0.4 is 15.8 Å². The lowest BCUT2D eigenvalue weighted by atomic mass is 10.0. The van der Waals surface area contributed by atoms with Crippen LogP contribution in [-0.4, -0.2) is 47.7 Å². The van der Waals surface area contributed by atoms with Gasteiger partial charge >= 0.3 is 0 Å². The number of rotatable bonds is 3. The van der Waals surface area contributed by atoms with Crippen molar-refractivity contribution in [3.63, 3.8) is 0 Å². The standard InChI is InChI=1S/C15H22N4O3/c1-10-4-8-22-12(10)14(20)18-11-3-2-7-19(9-11)13-15(21)17-6-5-16-13/h5-6,10-12H,2-4,7-9H2,1H3,(H,17,21)(H,18,20). The first-order chi connectivity index (χ1) is 10.6. The Kier molecular flexibility index (Phi) is 4.42. The number of carbonyl (C=O) groups excluding carboxylic acids is 1. The van der Waals surface area contributed by atoms with Crippen LogP contribution in [0.4, 0.5) is 5.82 Å². The highest BCUT2D eigenvalue weighted by atomic mass is 16.5. The normalized spacial score (nSPS) is 28.6. The van der Waals surface area contributed by atoms with E-state index in [0.29, 0.717) is 19.0 Å². The molecule has 22 heavy (non-hydrogen) atoms. The zero-order valence-electron chi connectivity index (χ0n) is 12.7. The lowest BCUT2D eigenvalue weighted by molar-refractivity contribution is -0.132. The number of aromatic amines is 1. The average molecular weight is 306 g/mol. The van der Waals surface area contributed by atoms with Gasteiger partial charge in [-0.25, -0.2) is 4.98 Å². The second-order valence-electron chi connectivity index (χ2n) is 6.09. The highest BCUT2D eigenvalue weighted by Crippen LogP contribution is 2.21. The summed E-state index contributed by atoms with van der Waals surface area (Å²) in [4.78, 5) is 32.9. The van der Waals surface area contributed by atoms with Crippen molar-refractivity contribution in [2.45, 2.75) is 38.3 Å². The molecule has 7 nitrogen and oxygen atoms in total. The summed E-state index contributed by atoms with van der Waals surface area (Å²) >= 11 is 0. The van der Waals surface area contributed by atoms with Gasteiger partial charge in [-0.05, 0) is 25.2 Å². The molecule has 0 radical (unpaired) electrons. The molecule has 0 bridgehead atoms. The van der Waals surface area contributed by atoms with Crippen molar-refractivity contribution >= 4 is 11.7 Å². The molecule has 2 aliphatic heterocycles. The van der Waals surface area contributed by atoms with Crippen molar-refractivity contribution in [2.24, 2.45) is 5.92 Å². The van der Waals surface area contributed by atoms with Crippen molar-refractivity contribution in [2.75, 3.05) is 24.6 Å². The summed E-state index contributed by atoms with van der Waals surface area (Å²) in [5.41, 5.74) is -0.192. The van der Waals surface area contributed by atoms with E-state index < -0.39 is 0 Å². The molecule has 1 amide bonds. The van der Waals surface area contributed by atoms with Crippen LogP contribution in [0.3, 0.4) is 0 Å². The molecule has 2 aliphatic rings. The largest absolute Gasteiger partial charge is 0.368 e. The summed E-state index contributed by atoms with van der Waals surface area (Å²) in [5.74, 6) is 0.650. The third kappa shape index (κ3) is 3.14. The molecule has 7 heteroatoms. The molecule has 0 aromatic carbocycles. The smallest absolute Gasteiger partial charge is 0.290 e. The van der Waals surface area contributed by atoms with Crippen LogP contribution in [0, 0.1) is 5.92 Å². The molecule has 1 aromatic rings. The highest BCUT2D eigenvalue weighted by molar-refractivity contribution is 5.81. The minimum atomic E-state index is -0.339. The lowest BCUT2D eigenvalue weighted by Gasteiger charge is -2.34. The number of nitrogens with zero attached hydrogens (tertiary/aromatic N) is 2.